The summed E-state index contributed by atoms with van der Waals surface area (Å²) in [6, 6.07) is 7.62. The summed E-state index contributed by atoms with van der Waals surface area (Å²) in [5.74, 6) is -0.399. The van der Waals surface area contributed by atoms with Crippen molar-refractivity contribution in [2.75, 3.05) is 0 Å². The van der Waals surface area contributed by atoms with E-state index in [4.69, 9.17) is 5.11 Å². The van der Waals surface area contributed by atoms with Crippen LogP contribution in [0.5, 0.6) is 0 Å². The number of carboxylic acid groups (broad SMARTS) is 1. The van der Waals surface area contributed by atoms with Gasteiger partial charge in [0.25, 0.3) is 0 Å². The molecule has 0 aliphatic heterocycles. The first-order valence-electron chi connectivity index (χ1n) is 5.69. The third-order valence-electron chi connectivity index (χ3n) is 2.47. The van der Waals surface area contributed by atoms with Crippen LogP contribution in [0, 0.1) is 9.49 Å². The lowest BCUT2D eigenvalue weighted by atomic mass is 10.0. The molecule has 1 aromatic rings. The molecule has 0 spiro atoms. The molecule has 0 amide bonds. The van der Waals surface area contributed by atoms with Crippen molar-refractivity contribution in [3.63, 3.8) is 0 Å². The summed E-state index contributed by atoms with van der Waals surface area (Å²) in [5.41, 5.74) is 1.11. The van der Waals surface area contributed by atoms with Crippen LogP contribution in [-0.2, 0) is 11.3 Å². The largest absolute Gasteiger partial charge is 0.480 e. The molecule has 17 heavy (non-hydrogen) atoms. The Balaban J connectivity index is 2.51. The van der Waals surface area contributed by atoms with Crippen molar-refractivity contribution in [3.05, 3.63) is 33.4 Å². The average Bonchev–Trinajstić information content (AvgIpc) is 2.25. The zero-order valence-electron chi connectivity index (χ0n) is 10.1. The predicted octanol–water partition coefficient (Wildman–Crippen LogP) is 2.88. The molecule has 0 bridgehead atoms. The maximum absolute atomic E-state index is 11.0. The van der Waals surface area contributed by atoms with Gasteiger partial charge < -0.3 is 10.4 Å². The van der Waals surface area contributed by atoms with Crippen LogP contribution in [0.2, 0.25) is 0 Å². The number of carbonyl (C=O) groups is 1. The molecule has 4 heteroatoms. The Morgan fingerprint density at radius 1 is 1.35 bits per heavy atom. The molecule has 0 radical (unpaired) electrons. The van der Waals surface area contributed by atoms with Gasteiger partial charge in [-0.1, -0.05) is 26.0 Å². The number of hydrogen-bond donors (Lipinski definition) is 2. The molecular weight excluding hydrogens is 329 g/mol. The van der Waals surface area contributed by atoms with E-state index in [0.717, 1.165) is 5.56 Å². The Labute approximate surface area is 116 Å². The van der Waals surface area contributed by atoms with E-state index in [1.807, 2.05) is 38.1 Å². The predicted molar refractivity (Wildman–Crippen MR) is 76.9 cm³/mol. The number of rotatable bonds is 6. The van der Waals surface area contributed by atoms with Gasteiger partial charge in [0.15, 0.2) is 0 Å². The van der Waals surface area contributed by atoms with Crippen LogP contribution >= 0.6 is 22.6 Å². The van der Waals surface area contributed by atoms with Gasteiger partial charge in [0.05, 0.1) is 0 Å². The monoisotopic (exact) mass is 347 g/mol. The molecule has 3 nitrogen and oxygen atoms in total. The van der Waals surface area contributed by atoms with E-state index in [1.54, 1.807) is 0 Å². The standard InChI is InChI=1S/C13H18INO2/c1-9(2)7-12(13(16)17)15-8-10-3-5-11(14)6-4-10/h3-6,9,12,15H,7-8H2,1-2H3,(H,16,17)/t12-/m0/s1. The maximum Gasteiger partial charge on any atom is 0.320 e. The highest BCUT2D eigenvalue weighted by Gasteiger charge is 2.17. The van der Waals surface area contributed by atoms with Gasteiger partial charge in [-0.2, -0.15) is 0 Å². The fourth-order valence-electron chi connectivity index (χ4n) is 1.59. The van der Waals surface area contributed by atoms with Gasteiger partial charge >= 0.3 is 5.97 Å². The van der Waals surface area contributed by atoms with Gasteiger partial charge in [-0.25, -0.2) is 0 Å². The van der Waals surface area contributed by atoms with Gasteiger partial charge in [0.1, 0.15) is 6.04 Å². The minimum Gasteiger partial charge on any atom is -0.480 e. The van der Waals surface area contributed by atoms with Crippen molar-refractivity contribution in [2.45, 2.75) is 32.9 Å². The molecule has 0 saturated heterocycles. The maximum atomic E-state index is 11.0. The molecule has 0 fully saturated rings. The lowest BCUT2D eigenvalue weighted by molar-refractivity contribution is -0.140. The van der Waals surface area contributed by atoms with Crippen LogP contribution in [0.4, 0.5) is 0 Å². The van der Waals surface area contributed by atoms with Crippen LogP contribution in [-0.4, -0.2) is 17.1 Å². The number of hydrogen-bond acceptors (Lipinski definition) is 2. The average molecular weight is 347 g/mol. The van der Waals surface area contributed by atoms with Crippen LogP contribution in [0.25, 0.3) is 0 Å². The van der Waals surface area contributed by atoms with Crippen molar-refractivity contribution in [2.24, 2.45) is 5.92 Å². The SMILES string of the molecule is CC(C)C[C@H](NCc1ccc(I)cc1)C(=O)O. The third-order valence-corrected chi connectivity index (χ3v) is 3.19. The molecule has 94 valence electrons. The quantitative estimate of drug-likeness (QED) is 0.778. The third kappa shape index (κ3) is 5.50. The van der Waals surface area contributed by atoms with Crippen molar-refractivity contribution in [3.8, 4) is 0 Å². The topological polar surface area (TPSA) is 49.3 Å². The molecule has 0 heterocycles. The normalized spacial score (nSPS) is 12.7. The fraction of sp³-hybridized carbons (Fsp3) is 0.462. The highest BCUT2D eigenvalue weighted by molar-refractivity contribution is 14.1. The summed E-state index contributed by atoms with van der Waals surface area (Å²) in [4.78, 5) is 11.0. The molecule has 0 aliphatic rings. The van der Waals surface area contributed by atoms with Crippen LogP contribution in [0.1, 0.15) is 25.8 Å². The highest BCUT2D eigenvalue weighted by Crippen LogP contribution is 2.09. The molecule has 1 rings (SSSR count). The smallest absolute Gasteiger partial charge is 0.320 e. The second-order valence-corrected chi connectivity index (χ2v) is 5.77. The first-order chi connectivity index (χ1) is 7.99. The first kappa shape index (κ1) is 14.4. The lowest BCUT2D eigenvalue weighted by Crippen LogP contribution is -2.37. The molecule has 2 N–H and O–H groups in total. The zero-order chi connectivity index (χ0) is 12.8. The molecule has 0 unspecified atom stereocenters. The molecular formula is C13H18INO2. The Morgan fingerprint density at radius 3 is 2.41 bits per heavy atom. The fourth-order valence-corrected chi connectivity index (χ4v) is 1.95. The van der Waals surface area contributed by atoms with E-state index < -0.39 is 12.0 Å². The summed E-state index contributed by atoms with van der Waals surface area (Å²) in [5, 5.41) is 12.2. The van der Waals surface area contributed by atoms with Gasteiger partial charge in [-0.15, -0.1) is 0 Å². The first-order valence-corrected chi connectivity index (χ1v) is 6.77. The van der Waals surface area contributed by atoms with E-state index in [9.17, 15) is 4.79 Å². The van der Waals surface area contributed by atoms with Gasteiger partial charge in [0, 0.05) is 10.1 Å². The van der Waals surface area contributed by atoms with Crippen LogP contribution in [0.15, 0.2) is 24.3 Å². The molecule has 1 aromatic carbocycles. The lowest BCUT2D eigenvalue weighted by Gasteiger charge is -2.16. The van der Waals surface area contributed by atoms with Crippen molar-refractivity contribution < 1.29 is 9.90 Å². The summed E-state index contributed by atoms with van der Waals surface area (Å²) >= 11 is 2.25. The van der Waals surface area contributed by atoms with Crippen molar-refractivity contribution in [1.82, 2.24) is 5.32 Å². The van der Waals surface area contributed by atoms with Crippen LogP contribution in [0.3, 0.4) is 0 Å². The Hall–Kier alpha value is -0.620. The van der Waals surface area contributed by atoms with Gasteiger partial charge in [-0.3, -0.25) is 4.79 Å². The highest BCUT2D eigenvalue weighted by atomic mass is 127. The second kappa shape index (κ2) is 6.96. The van der Waals surface area contributed by atoms with Gasteiger partial charge in [0.2, 0.25) is 0 Å². The van der Waals surface area contributed by atoms with Crippen molar-refractivity contribution >= 4 is 28.6 Å². The summed E-state index contributed by atoms with van der Waals surface area (Å²) < 4.78 is 1.18. The molecule has 0 aliphatic carbocycles. The number of halogens is 1. The van der Waals surface area contributed by atoms with Crippen molar-refractivity contribution in [1.29, 1.82) is 0 Å². The van der Waals surface area contributed by atoms with E-state index in [0.29, 0.717) is 18.9 Å². The Morgan fingerprint density at radius 2 is 1.94 bits per heavy atom. The molecule has 0 aromatic heterocycles. The molecule has 1 atom stereocenters. The minimum atomic E-state index is -0.774. The number of benzene rings is 1. The Bertz CT molecular complexity index is 362. The van der Waals surface area contributed by atoms with E-state index in [-0.39, 0.29) is 0 Å². The second-order valence-electron chi connectivity index (χ2n) is 4.53. The van der Waals surface area contributed by atoms with Crippen LogP contribution < -0.4 is 5.32 Å². The number of aliphatic carboxylic acids is 1. The van der Waals surface area contributed by atoms with Gasteiger partial charge in [-0.05, 0) is 52.6 Å². The van der Waals surface area contributed by atoms with E-state index in [2.05, 4.69) is 27.9 Å². The number of nitrogens with one attached hydrogen (secondary N) is 1. The van der Waals surface area contributed by atoms with E-state index in [1.165, 1.54) is 3.57 Å². The summed E-state index contributed by atoms with van der Waals surface area (Å²) in [7, 11) is 0. The molecule has 0 saturated carbocycles. The summed E-state index contributed by atoms with van der Waals surface area (Å²) in [6.07, 6.45) is 0.652. The number of carboxylic acids is 1. The van der Waals surface area contributed by atoms with E-state index >= 15 is 0 Å². The Kier molecular flexibility index (Phi) is 5.91. The minimum absolute atomic E-state index is 0.375. The summed E-state index contributed by atoms with van der Waals surface area (Å²) in [6.45, 7) is 4.66. The zero-order valence-corrected chi connectivity index (χ0v) is 12.3.